The zero-order valence-electron chi connectivity index (χ0n) is 15.6. The zero-order chi connectivity index (χ0) is 17.4. The molecule has 0 aromatic heterocycles. The van der Waals surface area contributed by atoms with Crippen LogP contribution in [0, 0.1) is 41.5 Å². The van der Waals surface area contributed by atoms with Crippen molar-refractivity contribution in [1.29, 1.82) is 0 Å². The van der Waals surface area contributed by atoms with Crippen LogP contribution in [0.25, 0.3) is 22.3 Å². The second-order valence-electron chi connectivity index (χ2n) is 6.95. The molecule has 0 aliphatic carbocycles. The van der Waals surface area contributed by atoms with Crippen LogP contribution in [0.4, 0.5) is 0 Å². The van der Waals surface area contributed by atoms with Crippen molar-refractivity contribution >= 4 is 0 Å². The van der Waals surface area contributed by atoms with Gasteiger partial charge in [0.15, 0.2) is 0 Å². The molecule has 0 fully saturated rings. The van der Waals surface area contributed by atoms with Crippen molar-refractivity contribution in [1.82, 2.24) is 0 Å². The number of rotatable bonds is 2. The van der Waals surface area contributed by atoms with Crippen molar-refractivity contribution in [3.8, 4) is 22.3 Å². The molecule has 122 valence electrons. The fourth-order valence-corrected chi connectivity index (χ4v) is 3.61. The van der Waals surface area contributed by atoms with Gasteiger partial charge in [0, 0.05) is 0 Å². The summed E-state index contributed by atoms with van der Waals surface area (Å²) in [5.41, 5.74) is 13.6. The molecule has 0 atom stereocenters. The molecule has 3 aromatic carbocycles. The lowest BCUT2D eigenvalue weighted by atomic mass is 9.85. The van der Waals surface area contributed by atoms with Gasteiger partial charge in [0.25, 0.3) is 0 Å². The molecule has 0 amide bonds. The van der Waals surface area contributed by atoms with Crippen molar-refractivity contribution in [2.45, 2.75) is 41.5 Å². The van der Waals surface area contributed by atoms with Crippen LogP contribution in [-0.4, -0.2) is 0 Å². The van der Waals surface area contributed by atoms with Crippen LogP contribution < -0.4 is 0 Å². The van der Waals surface area contributed by atoms with E-state index in [9.17, 15) is 0 Å². The van der Waals surface area contributed by atoms with Crippen molar-refractivity contribution in [2.24, 2.45) is 0 Å². The second-order valence-corrected chi connectivity index (χ2v) is 6.95. The summed E-state index contributed by atoms with van der Waals surface area (Å²) in [7, 11) is 0. The summed E-state index contributed by atoms with van der Waals surface area (Å²) in [4.78, 5) is 0. The van der Waals surface area contributed by atoms with Crippen LogP contribution in [0.2, 0.25) is 0 Å². The highest BCUT2D eigenvalue weighted by atomic mass is 14.2. The first-order valence-electron chi connectivity index (χ1n) is 8.64. The fraction of sp³-hybridized carbons (Fsp3) is 0.250. The predicted molar refractivity (Wildman–Crippen MR) is 106 cm³/mol. The largest absolute Gasteiger partial charge is 0.0614 e. The normalized spacial score (nSPS) is 10.9. The highest BCUT2D eigenvalue weighted by Gasteiger charge is 2.14. The van der Waals surface area contributed by atoms with Gasteiger partial charge in [0.1, 0.15) is 0 Å². The molecule has 3 aromatic rings. The minimum atomic E-state index is 1.28. The quantitative estimate of drug-likeness (QED) is 0.484. The Kier molecular flexibility index (Phi) is 4.32. The van der Waals surface area contributed by atoms with E-state index < -0.39 is 0 Å². The molecule has 0 spiro atoms. The summed E-state index contributed by atoms with van der Waals surface area (Å²) < 4.78 is 0. The molecule has 0 saturated carbocycles. The van der Waals surface area contributed by atoms with Crippen LogP contribution in [0.3, 0.4) is 0 Å². The summed E-state index contributed by atoms with van der Waals surface area (Å²) in [6.45, 7) is 13.4. The van der Waals surface area contributed by atoms with E-state index in [2.05, 4.69) is 90.1 Å². The molecule has 0 saturated heterocycles. The molecule has 0 heteroatoms. The summed E-state index contributed by atoms with van der Waals surface area (Å²) in [6, 6.07) is 17.7. The highest BCUT2D eigenvalue weighted by Crippen LogP contribution is 2.35. The lowest BCUT2D eigenvalue weighted by Crippen LogP contribution is -1.99. The Balaban J connectivity index is 2.21. The predicted octanol–water partition coefficient (Wildman–Crippen LogP) is 6.87. The molecule has 0 heterocycles. The Hall–Kier alpha value is -2.34. The Morgan fingerprint density at radius 2 is 0.917 bits per heavy atom. The summed E-state index contributed by atoms with van der Waals surface area (Å²) in [5.74, 6) is 0. The zero-order valence-corrected chi connectivity index (χ0v) is 15.6. The third-order valence-corrected chi connectivity index (χ3v) is 5.50. The minimum Gasteiger partial charge on any atom is -0.0614 e. The molecule has 0 unspecified atom stereocenters. The van der Waals surface area contributed by atoms with Gasteiger partial charge in [-0.2, -0.15) is 0 Å². The van der Waals surface area contributed by atoms with E-state index in [4.69, 9.17) is 0 Å². The first kappa shape index (κ1) is 16.5. The number of aryl methyl sites for hydroxylation is 1. The van der Waals surface area contributed by atoms with Crippen LogP contribution in [0.5, 0.6) is 0 Å². The molecule has 0 nitrogen and oxygen atoms in total. The van der Waals surface area contributed by atoms with Gasteiger partial charge in [-0.15, -0.1) is 0 Å². The van der Waals surface area contributed by atoms with Gasteiger partial charge in [-0.05, 0) is 97.7 Å². The topological polar surface area (TPSA) is 0 Å². The Morgan fingerprint density at radius 3 is 1.50 bits per heavy atom. The smallest absolute Gasteiger partial charge is 0.0120 e. The van der Waals surface area contributed by atoms with Crippen molar-refractivity contribution < 1.29 is 0 Å². The molecule has 0 aliphatic heterocycles. The molecule has 0 aliphatic rings. The van der Waals surface area contributed by atoms with E-state index in [0.29, 0.717) is 0 Å². The lowest BCUT2D eigenvalue weighted by molar-refractivity contribution is 1.18. The monoisotopic (exact) mass is 314 g/mol. The molecule has 3 rings (SSSR count). The molecule has 0 radical (unpaired) electrons. The van der Waals surface area contributed by atoms with Gasteiger partial charge in [-0.3, -0.25) is 0 Å². The lowest BCUT2D eigenvalue weighted by Gasteiger charge is -2.19. The van der Waals surface area contributed by atoms with Crippen LogP contribution in [0.15, 0.2) is 48.5 Å². The summed E-state index contributed by atoms with van der Waals surface area (Å²) in [5, 5.41) is 0. The van der Waals surface area contributed by atoms with E-state index in [0.717, 1.165) is 0 Å². The Morgan fingerprint density at radius 1 is 0.458 bits per heavy atom. The Labute approximate surface area is 146 Å². The van der Waals surface area contributed by atoms with Crippen molar-refractivity contribution in [3.05, 3.63) is 81.9 Å². The average Bonchev–Trinajstić information content (AvgIpc) is 2.59. The standard InChI is InChI=1S/C24H26/c1-15-9-7-10-21(13-15)22-11-8-12-23(14-22)24-19(5)17(3)16(2)18(4)20(24)6/h7-14H,1-6H3. The average molecular weight is 314 g/mol. The van der Waals surface area contributed by atoms with E-state index in [1.54, 1.807) is 0 Å². The van der Waals surface area contributed by atoms with E-state index in [-0.39, 0.29) is 0 Å². The third-order valence-electron chi connectivity index (χ3n) is 5.50. The highest BCUT2D eigenvalue weighted by molar-refractivity contribution is 5.79. The van der Waals surface area contributed by atoms with Gasteiger partial charge < -0.3 is 0 Å². The third kappa shape index (κ3) is 2.78. The van der Waals surface area contributed by atoms with Crippen molar-refractivity contribution in [2.75, 3.05) is 0 Å². The van der Waals surface area contributed by atoms with Crippen LogP contribution in [0.1, 0.15) is 33.4 Å². The van der Waals surface area contributed by atoms with Gasteiger partial charge >= 0.3 is 0 Å². The van der Waals surface area contributed by atoms with Gasteiger partial charge in [-0.1, -0.05) is 48.0 Å². The SMILES string of the molecule is Cc1cccc(-c2cccc(-c3c(C)c(C)c(C)c(C)c3C)c2)c1. The second kappa shape index (κ2) is 6.28. The van der Waals surface area contributed by atoms with E-state index in [1.165, 1.54) is 55.6 Å². The number of hydrogen-bond donors (Lipinski definition) is 0. The van der Waals surface area contributed by atoms with Crippen LogP contribution in [-0.2, 0) is 0 Å². The van der Waals surface area contributed by atoms with E-state index >= 15 is 0 Å². The first-order chi connectivity index (χ1) is 11.4. The summed E-state index contributed by atoms with van der Waals surface area (Å²) in [6.07, 6.45) is 0. The Bertz CT molecular complexity index is 884. The van der Waals surface area contributed by atoms with Gasteiger partial charge in [0.05, 0.1) is 0 Å². The maximum absolute atomic E-state index is 2.33. The molecular formula is C24H26. The van der Waals surface area contributed by atoms with Gasteiger partial charge in [-0.25, -0.2) is 0 Å². The van der Waals surface area contributed by atoms with Crippen molar-refractivity contribution in [3.63, 3.8) is 0 Å². The molecular weight excluding hydrogens is 288 g/mol. The minimum absolute atomic E-state index is 1.28. The molecule has 24 heavy (non-hydrogen) atoms. The number of benzene rings is 3. The maximum atomic E-state index is 2.33. The number of hydrogen-bond acceptors (Lipinski definition) is 0. The fourth-order valence-electron chi connectivity index (χ4n) is 3.61. The molecule has 0 N–H and O–H groups in total. The maximum Gasteiger partial charge on any atom is -0.0120 e. The first-order valence-corrected chi connectivity index (χ1v) is 8.64. The van der Waals surface area contributed by atoms with Gasteiger partial charge in [0.2, 0.25) is 0 Å². The van der Waals surface area contributed by atoms with Crippen LogP contribution >= 0.6 is 0 Å². The molecule has 0 bridgehead atoms. The summed E-state index contributed by atoms with van der Waals surface area (Å²) >= 11 is 0. The van der Waals surface area contributed by atoms with E-state index in [1.807, 2.05) is 0 Å².